The molecule has 2 aromatic rings. The van der Waals surface area contributed by atoms with E-state index in [1.807, 2.05) is 0 Å². The highest BCUT2D eigenvalue weighted by Crippen LogP contribution is 2.22. The van der Waals surface area contributed by atoms with Crippen LogP contribution in [0.4, 0.5) is 11.6 Å². The van der Waals surface area contributed by atoms with Crippen LogP contribution >= 0.6 is 11.6 Å². The van der Waals surface area contributed by atoms with Crippen LogP contribution in [0.5, 0.6) is 0 Å². The van der Waals surface area contributed by atoms with Crippen molar-refractivity contribution in [1.29, 1.82) is 0 Å². The molecule has 0 spiro atoms. The van der Waals surface area contributed by atoms with Crippen molar-refractivity contribution in [3.8, 4) is 0 Å². The van der Waals surface area contributed by atoms with Crippen LogP contribution in [0.3, 0.4) is 0 Å². The molecule has 5 nitrogen and oxygen atoms in total. The van der Waals surface area contributed by atoms with Gasteiger partial charge in [0, 0.05) is 11.7 Å². The molecule has 1 aliphatic heterocycles. The van der Waals surface area contributed by atoms with Gasteiger partial charge in [0.15, 0.2) is 0 Å². The van der Waals surface area contributed by atoms with Gasteiger partial charge in [-0.3, -0.25) is 5.32 Å². The van der Waals surface area contributed by atoms with Crippen LogP contribution < -0.4 is 10.6 Å². The summed E-state index contributed by atoms with van der Waals surface area (Å²) in [6.45, 7) is 6.99. The molecule has 1 aromatic carbocycles. The lowest BCUT2D eigenvalue weighted by Gasteiger charge is -2.18. The second-order valence-electron chi connectivity index (χ2n) is 6.70. The summed E-state index contributed by atoms with van der Waals surface area (Å²) in [6.07, 6.45) is 5.25. The van der Waals surface area contributed by atoms with E-state index < -0.39 is 0 Å². The predicted molar refractivity (Wildman–Crippen MR) is 96.8 cm³/mol. The summed E-state index contributed by atoms with van der Waals surface area (Å²) in [7, 11) is 0. The average molecular weight is 347 g/mol. The molecule has 2 heterocycles. The van der Waals surface area contributed by atoms with Gasteiger partial charge in [-0.05, 0) is 50.8 Å². The summed E-state index contributed by atoms with van der Waals surface area (Å²) >= 11 is 5.81. The molecule has 3 rings (SSSR count). The number of ether oxygens (including phenoxy) is 1. The molecule has 0 aliphatic carbocycles. The van der Waals surface area contributed by atoms with Gasteiger partial charge >= 0.3 is 0 Å². The second kappa shape index (κ2) is 7.05. The van der Waals surface area contributed by atoms with Crippen LogP contribution in [0.15, 0.2) is 30.6 Å². The standard InChI is InChI=1S/C18H23ClN4O/c1-12-8-13(4-6-15-11-24-18(2,3)23-15)5-7-16(12)22-17-20-9-14(19)10-21-17/h5,7-10,15,23H,4,6,11H2,1-3H3,(H,20,21,22). The fourth-order valence-electron chi connectivity index (χ4n) is 2.90. The zero-order chi connectivity index (χ0) is 17.2. The molecule has 1 aromatic heterocycles. The molecule has 1 aliphatic rings. The van der Waals surface area contributed by atoms with Gasteiger partial charge in [-0.25, -0.2) is 9.97 Å². The monoisotopic (exact) mass is 346 g/mol. The van der Waals surface area contributed by atoms with Gasteiger partial charge in [0.1, 0.15) is 5.72 Å². The van der Waals surface area contributed by atoms with E-state index in [0.29, 0.717) is 17.0 Å². The van der Waals surface area contributed by atoms with Crippen LogP contribution in [0.2, 0.25) is 5.02 Å². The van der Waals surface area contributed by atoms with Crippen LogP contribution in [0.1, 0.15) is 31.4 Å². The minimum atomic E-state index is -0.201. The molecule has 1 unspecified atom stereocenters. The van der Waals surface area contributed by atoms with Crippen LogP contribution in [-0.4, -0.2) is 28.3 Å². The number of rotatable bonds is 5. The third kappa shape index (κ3) is 4.44. The highest BCUT2D eigenvalue weighted by Gasteiger charge is 2.30. The summed E-state index contributed by atoms with van der Waals surface area (Å²) < 4.78 is 5.71. The Morgan fingerprint density at radius 3 is 2.71 bits per heavy atom. The van der Waals surface area contributed by atoms with Crippen molar-refractivity contribution in [1.82, 2.24) is 15.3 Å². The molecule has 2 N–H and O–H groups in total. The molecule has 1 saturated heterocycles. The maximum atomic E-state index is 5.81. The summed E-state index contributed by atoms with van der Waals surface area (Å²) in [6, 6.07) is 6.84. The molecule has 1 fully saturated rings. The van der Waals surface area contributed by atoms with E-state index in [1.165, 1.54) is 11.1 Å². The molecule has 24 heavy (non-hydrogen) atoms. The lowest BCUT2D eigenvalue weighted by molar-refractivity contribution is 0.0231. The minimum absolute atomic E-state index is 0.201. The topological polar surface area (TPSA) is 59.1 Å². The lowest BCUT2D eigenvalue weighted by atomic mass is 10.0. The van der Waals surface area contributed by atoms with Crippen LogP contribution in [-0.2, 0) is 11.2 Å². The van der Waals surface area contributed by atoms with Gasteiger partial charge in [-0.2, -0.15) is 0 Å². The second-order valence-corrected chi connectivity index (χ2v) is 7.14. The Morgan fingerprint density at radius 1 is 1.33 bits per heavy atom. The number of nitrogens with zero attached hydrogens (tertiary/aromatic N) is 2. The highest BCUT2D eigenvalue weighted by molar-refractivity contribution is 6.30. The van der Waals surface area contributed by atoms with E-state index in [9.17, 15) is 0 Å². The van der Waals surface area contributed by atoms with E-state index in [2.05, 4.69) is 59.6 Å². The first-order chi connectivity index (χ1) is 11.4. The summed E-state index contributed by atoms with van der Waals surface area (Å²) in [4.78, 5) is 8.33. The van der Waals surface area contributed by atoms with E-state index in [0.717, 1.165) is 25.1 Å². The number of hydrogen-bond donors (Lipinski definition) is 2. The number of benzene rings is 1. The van der Waals surface area contributed by atoms with E-state index in [-0.39, 0.29) is 5.72 Å². The quantitative estimate of drug-likeness (QED) is 0.861. The van der Waals surface area contributed by atoms with Crippen LogP contribution in [0, 0.1) is 6.92 Å². The SMILES string of the molecule is Cc1cc(CCC2COC(C)(C)N2)ccc1Nc1ncc(Cl)cn1. The first-order valence-corrected chi connectivity index (χ1v) is 8.55. The largest absolute Gasteiger partial charge is 0.360 e. The summed E-state index contributed by atoms with van der Waals surface area (Å²) in [5.74, 6) is 0.546. The normalized spacial score (nSPS) is 19.4. The molecule has 0 bridgehead atoms. The Labute approximate surface area is 147 Å². The fraction of sp³-hybridized carbons (Fsp3) is 0.444. The number of hydrogen-bond acceptors (Lipinski definition) is 5. The third-order valence-corrected chi connectivity index (χ3v) is 4.33. The fourth-order valence-corrected chi connectivity index (χ4v) is 3.00. The summed E-state index contributed by atoms with van der Waals surface area (Å²) in [5.41, 5.74) is 3.29. The maximum Gasteiger partial charge on any atom is 0.227 e. The number of nitrogens with one attached hydrogen (secondary N) is 2. The van der Waals surface area contributed by atoms with Crippen molar-refractivity contribution in [3.63, 3.8) is 0 Å². The number of aromatic nitrogens is 2. The Morgan fingerprint density at radius 2 is 2.08 bits per heavy atom. The predicted octanol–water partition coefficient (Wildman–Crippen LogP) is 3.84. The first-order valence-electron chi connectivity index (χ1n) is 8.17. The first kappa shape index (κ1) is 17.1. The highest BCUT2D eigenvalue weighted by atomic mass is 35.5. The van der Waals surface area contributed by atoms with Crippen molar-refractivity contribution in [2.75, 3.05) is 11.9 Å². The van der Waals surface area contributed by atoms with Gasteiger partial charge in [0.2, 0.25) is 5.95 Å². The minimum Gasteiger partial charge on any atom is -0.360 e. The number of aryl methyl sites for hydroxylation is 2. The van der Waals surface area contributed by atoms with Crippen molar-refractivity contribution in [2.24, 2.45) is 0 Å². The Balaban J connectivity index is 1.59. The molecular weight excluding hydrogens is 324 g/mol. The molecule has 0 amide bonds. The Bertz CT molecular complexity index is 703. The summed E-state index contributed by atoms with van der Waals surface area (Å²) in [5, 5.41) is 7.25. The van der Waals surface area contributed by atoms with Crippen molar-refractivity contribution >= 4 is 23.2 Å². The van der Waals surface area contributed by atoms with Gasteiger partial charge in [-0.15, -0.1) is 0 Å². The zero-order valence-electron chi connectivity index (χ0n) is 14.3. The third-order valence-electron chi connectivity index (χ3n) is 4.14. The maximum absolute atomic E-state index is 5.81. The lowest BCUT2D eigenvalue weighted by Crippen LogP contribution is -2.38. The number of anilines is 2. The molecule has 0 radical (unpaired) electrons. The smallest absolute Gasteiger partial charge is 0.227 e. The van der Waals surface area contributed by atoms with Gasteiger partial charge < -0.3 is 10.1 Å². The molecule has 0 saturated carbocycles. The van der Waals surface area contributed by atoms with E-state index in [1.54, 1.807) is 12.4 Å². The molecular formula is C18H23ClN4O. The van der Waals surface area contributed by atoms with Crippen molar-refractivity contribution < 1.29 is 4.74 Å². The van der Waals surface area contributed by atoms with Gasteiger partial charge in [-0.1, -0.05) is 23.7 Å². The zero-order valence-corrected chi connectivity index (χ0v) is 15.0. The van der Waals surface area contributed by atoms with Crippen molar-refractivity contribution in [3.05, 3.63) is 46.7 Å². The number of halogens is 1. The Hall–Kier alpha value is -1.69. The molecule has 1 atom stereocenters. The van der Waals surface area contributed by atoms with Crippen molar-refractivity contribution in [2.45, 2.75) is 45.4 Å². The van der Waals surface area contributed by atoms with E-state index in [4.69, 9.17) is 16.3 Å². The van der Waals surface area contributed by atoms with Gasteiger partial charge in [0.25, 0.3) is 0 Å². The van der Waals surface area contributed by atoms with Gasteiger partial charge in [0.05, 0.1) is 24.0 Å². The Kier molecular flexibility index (Phi) is 5.04. The van der Waals surface area contributed by atoms with E-state index >= 15 is 0 Å². The van der Waals surface area contributed by atoms with Crippen LogP contribution in [0.25, 0.3) is 0 Å². The molecule has 6 heteroatoms. The average Bonchev–Trinajstić information content (AvgIpc) is 2.89. The molecule has 128 valence electrons.